The number of nitrogens with one attached hydrogen (secondary N) is 1. The Bertz CT molecular complexity index is 714. The Labute approximate surface area is 144 Å². The summed E-state index contributed by atoms with van der Waals surface area (Å²) in [5.41, 5.74) is 1.41. The largest absolute Gasteiger partial charge is 0.373 e. The molecule has 1 fully saturated rings. The van der Waals surface area contributed by atoms with Crippen molar-refractivity contribution in [2.24, 2.45) is 0 Å². The van der Waals surface area contributed by atoms with Crippen molar-refractivity contribution in [3.8, 4) is 0 Å². The van der Waals surface area contributed by atoms with Crippen molar-refractivity contribution in [3.63, 3.8) is 0 Å². The van der Waals surface area contributed by atoms with Crippen LogP contribution in [0.15, 0.2) is 57.5 Å². The lowest BCUT2D eigenvalue weighted by Crippen LogP contribution is -2.34. The molecule has 2 amide bonds. The van der Waals surface area contributed by atoms with Gasteiger partial charge in [0.1, 0.15) is 6.04 Å². The molecule has 0 spiro atoms. The molecule has 4 nitrogen and oxygen atoms in total. The molecule has 1 aliphatic rings. The van der Waals surface area contributed by atoms with Crippen molar-refractivity contribution < 1.29 is 9.59 Å². The summed E-state index contributed by atoms with van der Waals surface area (Å²) in [7, 11) is 0. The van der Waals surface area contributed by atoms with Gasteiger partial charge in [-0.05, 0) is 48.5 Å². The third kappa shape index (κ3) is 3.08. The van der Waals surface area contributed by atoms with E-state index in [2.05, 4.69) is 37.2 Å². The van der Waals surface area contributed by atoms with Crippen LogP contribution in [-0.4, -0.2) is 17.9 Å². The van der Waals surface area contributed by atoms with Crippen LogP contribution in [0.3, 0.4) is 0 Å². The van der Waals surface area contributed by atoms with E-state index in [9.17, 15) is 9.59 Å². The average molecular weight is 424 g/mol. The van der Waals surface area contributed by atoms with Gasteiger partial charge >= 0.3 is 0 Å². The molecule has 112 valence electrons. The number of hydrogen-bond acceptors (Lipinski definition) is 3. The maximum atomic E-state index is 12.5. The lowest BCUT2D eigenvalue weighted by molar-refractivity contribution is -0.121. The third-order valence-electron chi connectivity index (χ3n) is 3.42. The molecule has 1 saturated heterocycles. The Kier molecular flexibility index (Phi) is 4.31. The maximum Gasteiger partial charge on any atom is 0.256 e. The van der Waals surface area contributed by atoms with Crippen molar-refractivity contribution in [2.45, 2.75) is 12.5 Å². The predicted molar refractivity (Wildman–Crippen MR) is 92.8 cm³/mol. The lowest BCUT2D eigenvalue weighted by Gasteiger charge is -2.16. The highest BCUT2D eigenvalue weighted by Crippen LogP contribution is 2.26. The molecule has 0 unspecified atom stereocenters. The van der Waals surface area contributed by atoms with Crippen LogP contribution in [0.5, 0.6) is 0 Å². The first kappa shape index (κ1) is 15.2. The lowest BCUT2D eigenvalue weighted by atomic mass is 10.2. The van der Waals surface area contributed by atoms with Crippen molar-refractivity contribution >= 4 is 55.0 Å². The average Bonchev–Trinajstić information content (AvgIpc) is 2.77. The molecule has 0 aromatic heterocycles. The van der Waals surface area contributed by atoms with Gasteiger partial charge in [-0.25, -0.2) is 4.90 Å². The van der Waals surface area contributed by atoms with Crippen LogP contribution in [-0.2, 0) is 9.59 Å². The Hall–Kier alpha value is -1.66. The summed E-state index contributed by atoms with van der Waals surface area (Å²) in [6.07, 6.45) is 0.158. The second kappa shape index (κ2) is 6.22. The smallest absolute Gasteiger partial charge is 0.256 e. The standard InChI is InChI=1S/C16H12Br2N2O2/c17-10-1-5-12(6-2-10)19-14-9-15(21)20(16(14)22)13-7-3-11(18)4-8-13/h1-8,14,19H,9H2/t14-/m0/s1. The molecule has 1 heterocycles. The molecule has 0 aliphatic carbocycles. The topological polar surface area (TPSA) is 49.4 Å². The fraction of sp³-hybridized carbons (Fsp3) is 0.125. The molecule has 1 atom stereocenters. The number of amides is 2. The van der Waals surface area contributed by atoms with Crippen LogP contribution < -0.4 is 10.2 Å². The zero-order chi connectivity index (χ0) is 15.7. The number of imide groups is 1. The van der Waals surface area contributed by atoms with Crippen LogP contribution in [0.2, 0.25) is 0 Å². The molecule has 1 aliphatic heterocycles. The SMILES string of the molecule is O=C1C[C@H](Nc2ccc(Br)cc2)C(=O)N1c1ccc(Br)cc1. The molecular formula is C16H12Br2N2O2. The van der Waals surface area contributed by atoms with Gasteiger partial charge in [0.15, 0.2) is 0 Å². The van der Waals surface area contributed by atoms with E-state index in [1.807, 2.05) is 36.4 Å². The number of rotatable bonds is 3. The van der Waals surface area contributed by atoms with Gasteiger partial charge in [0.2, 0.25) is 5.91 Å². The maximum absolute atomic E-state index is 12.5. The zero-order valence-electron chi connectivity index (χ0n) is 11.4. The number of halogens is 2. The van der Waals surface area contributed by atoms with Gasteiger partial charge in [0.25, 0.3) is 5.91 Å². The summed E-state index contributed by atoms with van der Waals surface area (Å²) >= 11 is 6.71. The highest BCUT2D eigenvalue weighted by Gasteiger charge is 2.39. The first-order chi connectivity index (χ1) is 10.5. The van der Waals surface area contributed by atoms with Gasteiger partial charge in [0, 0.05) is 14.6 Å². The predicted octanol–water partition coefficient (Wildman–Crippen LogP) is 3.96. The van der Waals surface area contributed by atoms with E-state index in [0.717, 1.165) is 14.6 Å². The summed E-state index contributed by atoms with van der Waals surface area (Å²) in [4.78, 5) is 25.9. The van der Waals surface area contributed by atoms with E-state index >= 15 is 0 Å². The minimum absolute atomic E-state index is 0.158. The summed E-state index contributed by atoms with van der Waals surface area (Å²) in [6, 6.07) is 14.1. The highest BCUT2D eigenvalue weighted by atomic mass is 79.9. The molecule has 3 rings (SSSR count). The molecule has 2 aromatic rings. The molecule has 6 heteroatoms. The van der Waals surface area contributed by atoms with Crippen LogP contribution in [0, 0.1) is 0 Å². The molecule has 1 N–H and O–H groups in total. The summed E-state index contributed by atoms with van der Waals surface area (Å²) in [6.45, 7) is 0. The number of anilines is 2. The molecule has 0 radical (unpaired) electrons. The monoisotopic (exact) mass is 422 g/mol. The number of nitrogens with zero attached hydrogens (tertiary/aromatic N) is 1. The Morgan fingerprint density at radius 1 is 0.909 bits per heavy atom. The van der Waals surface area contributed by atoms with Crippen LogP contribution >= 0.6 is 31.9 Å². The normalized spacial score (nSPS) is 17.9. The van der Waals surface area contributed by atoms with E-state index in [1.165, 1.54) is 4.90 Å². The first-order valence-electron chi connectivity index (χ1n) is 6.69. The minimum Gasteiger partial charge on any atom is -0.373 e. The summed E-state index contributed by atoms with van der Waals surface area (Å²) in [5.74, 6) is -0.419. The van der Waals surface area contributed by atoms with Gasteiger partial charge < -0.3 is 5.32 Å². The Morgan fingerprint density at radius 2 is 1.45 bits per heavy atom. The Morgan fingerprint density at radius 3 is 2.05 bits per heavy atom. The summed E-state index contributed by atoms with van der Waals surface area (Å²) in [5, 5.41) is 3.12. The zero-order valence-corrected chi connectivity index (χ0v) is 14.6. The van der Waals surface area contributed by atoms with Crippen molar-refractivity contribution in [1.82, 2.24) is 0 Å². The van der Waals surface area contributed by atoms with Gasteiger partial charge in [-0.2, -0.15) is 0 Å². The fourth-order valence-electron chi connectivity index (χ4n) is 2.35. The molecule has 2 aromatic carbocycles. The van der Waals surface area contributed by atoms with E-state index in [-0.39, 0.29) is 18.2 Å². The summed E-state index contributed by atoms with van der Waals surface area (Å²) < 4.78 is 1.86. The molecule has 0 saturated carbocycles. The van der Waals surface area contributed by atoms with Crippen LogP contribution in [0.25, 0.3) is 0 Å². The van der Waals surface area contributed by atoms with E-state index in [4.69, 9.17) is 0 Å². The van der Waals surface area contributed by atoms with Gasteiger partial charge in [-0.3, -0.25) is 9.59 Å². The highest BCUT2D eigenvalue weighted by molar-refractivity contribution is 9.10. The quantitative estimate of drug-likeness (QED) is 0.760. The van der Waals surface area contributed by atoms with Gasteiger partial charge in [0.05, 0.1) is 12.1 Å². The number of carbonyl (C=O) groups is 2. The van der Waals surface area contributed by atoms with E-state index < -0.39 is 6.04 Å². The van der Waals surface area contributed by atoms with Crippen LogP contribution in [0.1, 0.15) is 6.42 Å². The van der Waals surface area contributed by atoms with E-state index in [0.29, 0.717) is 5.69 Å². The van der Waals surface area contributed by atoms with Gasteiger partial charge in [-0.15, -0.1) is 0 Å². The van der Waals surface area contributed by atoms with Crippen LogP contribution in [0.4, 0.5) is 11.4 Å². The van der Waals surface area contributed by atoms with Gasteiger partial charge in [-0.1, -0.05) is 31.9 Å². The second-order valence-corrected chi connectivity index (χ2v) is 6.78. The molecule has 0 bridgehead atoms. The number of carbonyl (C=O) groups excluding carboxylic acids is 2. The molecular weight excluding hydrogens is 412 g/mol. The minimum atomic E-state index is -0.530. The fourth-order valence-corrected chi connectivity index (χ4v) is 2.88. The number of benzene rings is 2. The van der Waals surface area contributed by atoms with Crippen molar-refractivity contribution in [3.05, 3.63) is 57.5 Å². The second-order valence-electron chi connectivity index (χ2n) is 4.95. The third-order valence-corrected chi connectivity index (χ3v) is 4.47. The molecule has 22 heavy (non-hydrogen) atoms. The Balaban J connectivity index is 1.79. The van der Waals surface area contributed by atoms with E-state index in [1.54, 1.807) is 12.1 Å². The van der Waals surface area contributed by atoms with Crippen molar-refractivity contribution in [2.75, 3.05) is 10.2 Å². The number of hydrogen-bond donors (Lipinski definition) is 1. The first-order valence-corrected chi connectivity index (χ1v) is 8.27. The van der Waals surface area contributed by atoms with Crippen molar-refractivity contribution in [1.29, 1.82) is 0 Å².